The van der Waals surface area contributed by atoms with Gasteiger partial charge in [0.1, 0.15) is 17.4 Å². The van der Waals surface area contributed by atoms with E-state index in [4.69, 9.17) is 9.84 Å². The number of phenolic OH excluding ortho intramolecular Hbond substituents is 1. The number of benzene rings is 2. The van der Waals surface area contributed by atoms with Gasteiger partial charge in [-0.3, -0.25) is 0 Å². The Bertz CT molecular complexity index is 1010. The number of aromatic hydroxyl groups is 2. The van der Waals surface area contributed by atoms with Gasteiger partial charge in [-0.1, -0.05) is 0 Å². The number of nitriles is 1. The van der Waals surface area contributed by atoms with Gasteiger partial charge in [0, 0.05) is 29.4 Å². The lowest BCUT2D eigenvalue weighted by Crippen LogP contribution is -1.99. The monoisotopic (exact) mass is 324 g/mol. The van der Waals surface area contributed by atoms with Gasteiger partial charge in [0.15, 0.2) is 11.5 Å². The minimum absolute atomic E-state index is 0.0970. The third kappa shape index (κ3) is 2.27. The Kier molecular flexibility index (Phi) is 3.50. The van der Waals surface area contributed by atoms with Crippen molar-refractivity contribution in [1.29, 1.82) is 5.26 Å². The molecular formula is C17H12N2O5. The fraction of sp³-hybridized carbons (Fsp3) is 0.0588. The van der Waals surface area contributed by atoms with Gasteiger partial charge in [-0.2, -0.15) is 5.26 Å². The predicted molar refractivity (Wildman–Crippen MR) is 84.8 cm³/mol. The second kappa shape index (κ2) is 5.52. The summed E-state index contributed by atoms with van der Waals surface area (Å²) < 4.78 is 6.64. The van der Waals surface area contributed by atoms with Crippen LogP contribution in [-0.4, -0.2) is 33.0 Å². The van der Waals surface area contributed by atoms with Crippen molar-refractivity contribution >= 4 is 16.9 Å². The van der Waals surface area contributed by atoms with Crippen molar-refractivity contribution in [1.82, 2.24) is 4.57 Å². The van der Waals surface area contributed by atoms with E-state index in [9.17, 15) is 20.3 Å². The van der Waals surface area contributed by atoms with Crippen LogP contribution in [0.5, 0.6) is 17.2 Å². The number of aromatic nitrogens is 1. The van der Waals surface area contributed by atoms with Crippen LogP contribution >= 0.6 is 0 Å². The van der Waals surface area contributed by atoms with Gasteiger partial charge < -0.3 is 24.6 Å². The smallest absolute Gasteiger partial charge is 0.339 e. The molecule has 2 aromatic carbocycles. The number of fused-ring (bicyclic) bond motifs is 1. The van der Waals surface area contributed by atoms with Gasteiger partial charge in [-0.05, 0) is 18.2 Å². The molecule has 7 nitrogen and oxygen atoms in total. The van der Waals surface area contributed by atoms with E-state index in [0.717, 1.165) is 0 Å². The number of carbonyl (C=O) groups is 1. The van der Waals surface area contributed by atoms with Crippen molar-refractivity contribution in [2.24, 2.45) is 0 Å². The lowest BCUT2D eigenvalue weighted by atomic mass is 10.1. The molecule has 7 heteroatoms. The summed E-state index contributed by atoms with van der Waals surface area (Å²) >= 11 is 0. The minimum Gasteiger partial charge on any atom is -0.507 e. The molecule has 0 amide bonds. The van der Waals surface area contributed by atoms with Crippen molar-refractivity contribution in [3.05, 3.63) is 47.7 Å². The second-order valence-electron chi connectivity index (χ2n) is 5.07. The first-order chi connectivity index (χ1) is 11.5. The molecule has 1 heterocycles. The normalized spacial score (nSPS) is 10.5. The molecule has 0 unspecified atom stereocenters. The number of phenols is 2. The Labute approximate surface area is 136 Å². The molecule has 24 heavy (non-hydrogen) atoms. The molecule has 3 rings (SSSR count). The molecule has 0 bridgehead atoms. The molecule has 120 valence electrons. The number of carboxylic acids is 1. The number of hydrogen-bond acceptors (Lipinski definition) is 5. The average Bonchev–Trinajstić information content (AvgIpc) is 2.91. The average molecular weight is 324 g/mol. The fourth-order valence-electron chi connectivity index (χ4n) is 2.56. The van der Waals surface area contributed by atoms with E-state index in [1.165, 1.54) is 31.4 Å². The minimum atomic E-state index is -1.24. The Morgan fingerprint density at radius 3 is 2.54 bits per heavy atom. The Hall–Kier alpha value is -3.66. The summed E-state index contributed by atoms with van der Waals surface area (Å²) in [6.45, 7) is 0. The van der Waals surface area contributed by atoms with Crippen LogP contribution in [0.15, 0.2) is 36.5 Å². The van der Waals surface area contributed by atoms with Crippen LogP contribution in [0.25, 0.3) is 16.6 Å². The Morgan fingerprint density at radius 2 is 1.96 bits per heavy atom. The van der Waals surface area contributed by atoms with Gasteiger partial charge in [0.25, 0.3) is 0 Å². The van der Waals surface area contributed by atoms with Gasteiger partial charge in [-0.25, -0.2) is 4.79 Å². The first-order valence-electron chi connectivity index (χ1n) is 6.85. The number of aromatic carboxylic acids is 1. The largest absolute Gasteiger partial charge is 0.507 e. The topological polar surface area (TPSA) is 116 Å². The highest BCUT2D eigenvalue weighted by molar-refractivity contribution is 5.92. The lowest BCUT2D eigenvalue weighted by Gasteiger charge is -2.09. The van der Waals surface area contributed by atoms with Crippen LogP contribution in [0.4, 0.5) is 0 Å². The zero-order chi connectivity index (χ0) is 17.4. The zero-order valence-corrected chi connectivity index (χ0v) is 12.5. The predicted octanol–water partition coefficient (Wildman–Crippen LogP) is 2.62. The number of rotatable bonds is 3. The van der Waals surface area contributed by atoms with Gasteiger partial charge in [-0.15, -0.1) is 0 Å². The number of methoxy groups -OCH3 is 1. The zero-order valence-electron chi connectivity index (χ0n) is 12.5. The third-order valence-corrected chi connectivity index (χ3v) is 3.72. The van der Waals surface area contributed by atoms with Crippen molar-refractivity contribution in [2.45, 2.75) is 0 Å². The van der Waals surface area contributed by atoms with E-state index < -0.39 is 11.7 Å². The van der Waals surface area contributed by atoms with Crippen LogP contribution in [0, 0.1) is 11.3 Å². The molecule has 0 aliphatic carbocycles. The summed E-state index contributed by atoms with van der Waals surface area (Å²) in [6, 6.07) is 9.11. The van der Waals surface area contributed by atoms with Crippen molar-refractivity contribution < 1.29 is 24.9 Å². The van der Waals surface area contributed by atoms with Crippen LogP contribution in [0.2, 0.25) is 0 Å². The van der Waals surface area contributed by atoms with E-state index in [1.54, 1.807) is 16.8 Å². The van der Waals surface area contributed by atoms with Crippen molar-refractivity contribution in [2.75, 3.05) is 7.11 Å². The molecule has 0 aliphatic rings. The molecule has 0 radical (unpaired) electrons. The summed E-state index contributed by atoms with van der Waals surface area (Å²) in [7, 11) is 1.41. The van der Waals surface area contributed by atoms with E-state index in [1.807, 2.05) is 0 Å². The van der Waals surface area contributed by atoms with E-state index in [0.29, 0.717) is 22.2 Å². The SMILES string of the molecule is COc1cc2c(C#N)cn(-c3ccc(C(=O)O)c(O)c3)c2cc1O. The first-order valence-corrected chi connectivity index (χ1v) is 6.85. The first kappa shape index (κ1) is 15.2. The Balaban J connectivity index is 2.27. The fourth-order valence-corrected chi connectivity index (χ4v) is 2.56. The summed E-state index contributed by atoms with van der Waals surface area (Å²) in [5.41, 5.74) is 1.10. The number of carboxylic acid groups (broad SMARTS) is 1. The number of hydrogen-bond donors (Lipinski definition) is 3. The quantitative estimate of drug-likeness (QED) is 0.682. The van der Waals surface area contributed by atoms with Crippen LogP contribution in [0.3, 0.4) is 0 Å². The third-order valence-electron chi connectivity index (χ3n) is 3.72. The molecule has 0 saturated heterocycles. The van der Waals surface area contributed by atoms with Crippen molar-refractivity contribution in [3.63, 3.8) is 0 Å². The standard InChI is InChI=1S/C17H12N2O5/c1-24-16-5-12-9(7-18)8-19(13(12)6-15(16)21)10-2-3-11(17(22)23)14(20)4-10/h2-6,8,20-21H,1H3,(H,22,23). The van der Waals surface area contributed by atoms with Crippen molar-refractivity contribution in [3.8, 4) is 29.0 Å². The number of ether oxygens (including phenoxy) is 1. The van der Waals surface area contributed by atoms with Gasteiger partial charge in [0.05, 0.1) is 18.2 Å². The molecule has 1 aromatic heterocycles. The molecule has 0 atom stereocenters. The van der Waals surface area contributed by atoms with Gasteiger partial charge in [0.2, 0.25) is 0 Å². The maximum Gasteiger partial charge on any atom is 0.339 e. The van der Waals surface area contributed by atoms with E-state index >= 15 is 0 Å². The van der Waals surface area contributed by atoms with Gasteiger partial charge >= 0.3 is 5.97 Å². The Morgan fingerprint density at radius 1 is 1.21 bits per heavy atom. The molecule has 0 saturated carbocycles. The molecule has 3 N–H and O–H groups in total. The highest BCUT2D eigenvalue weighted by atomic mass is 16.5. The van der Waals surface area contributed by atoms with Crippen LogP contribution in [0.1, 0.15) is 15.9 Å². The molecule has 3 aromatic rings. The molecule has 0 aliphatic heterocycles. The summed E-state index contributed by atoms with van der Waals surface area (Å²) in [6.07, 6.45) is 1.54. The second-order valence-corrected chi connectivity index (χ2v) is 5.07. The van der Waals surface area contributed by atoms with E-state index in [2.05, 4.69) is 6.07 Å². The van der Waals surface area contributed by atoms with Crippen LogP contribution < -0.4 is 4.74 Å². The summed E-state index contributed by atoms with van der Waals surface area (Å²) in [5, 5.41) is 38.7. The van der Waals surface area contributed by atoms with E-state index in [-0.39, 0.29) is 17.1 Å². The molecular weight excluding hydrogens is 312 g/mol. The highest BCUT2D eigenvalue weighted by Crippen LogP contribution is 2.35. The maximum absolute atomic E-state index is 11.0. The highest BCUT2D eigenvalue weighted by Gasteiger charge is 2.16. The lowest BCUT2D eigenvalue weighted by molar-refractivity contribution is 0.0693. The summed E-state index contributed by atoms with van der Waals surface area (Å²) in [5.74, 6) is -1.49. The maximum atomic E-state index is 11.0. The van der Waals surface area contributed by atoms with Crippen LogP contribution in [-0.2, 0) is 0 Å². The summed E-state index contributed by atoms with van der Waals surface area (Å²) in [4.78, 5) is 11.0. The molecule has 0 fully saturated rings. The molecule has 0 spiro atoms. The number of nitrogens with zero attached hydrogens (tertiary/aromatic N) is 2.